The SMILES string of the molecule is CCc1noc(C)c1C(=O)OCC(=O)NC1(C#N)CCCCC1. The first-order valence-electron chi connectivity index (χ1n) is 7.86. The first-order chi connectivity index (χ1) is 11.0. The summed E-state index contributed by atoms with van der Waals surface area (Å²) in [5, 5.41) is 15.8. The minimum atomic E-state index is -0.830. The second-order valence-electron chi connectivity index (χ2n) is 5.79. The Labute approximate surface area is 135 Å². The number of rotatable bonds is 5. The zero-order chi connectivity index (χ0) is 16.9. The van der Waals surface area contributed by atoms with E-state index < -0.39 is 24.0 Å². The lowest BCUT2D eigenvalue weighted by Gasteiger charge is -2.31. The van der Waals surface area contributed by atoms with Crippen LogP contribution in [0, 0.1) is 18.3 Å². The molecule has 1 N–H and O–H groups in total. The van der Waals surface area contributed by atoms with Crippen molar-refractivity contribution < 1.29 is 18.8 Å². The van der Waals surface area contributed by atoms with Gasteiger partial charge in [-0.2, -0.15) is 5.26 Å². The molecule has 23 heavy (non-hydrogen) atoms. The number of ether oxygens (including phenoxy) is 1. The highest BCUT2D eigenvalue weighted by Crippen LogP contribution is 2.27. The maximum Gasteiger partial charge on any atom is 0.344 e. The van der Waals surface area contributed by atoms with Gasteiger partial charge in [-0.05, 0) is 26.2 Å². The van der Waals surface area contributed by atoms with E-state index in [9.17, 15) is 14.9 Å². The standard InChI is InChI=1S/C16H21N3O4/c1-3-12-14(11(2)23-19-12)15(21)22-9-13(20)18-16(10-17)7-5-4-6-8-16/h3-9H2,1-2H3,(H,18,20). The molecule has 2 rings (SSSR count). The summed E-state index contributed by atoms with van der Waals surface area (Å²) in [6.07, 6.45) is 4.69. The van der Waals surface area contributed by atoms with Gasteiger partial charge < -0.3 is 14.6 Å². The molecule has 0 unspecified atom stereocenters. The lowest BCUT2D eigenvalue weighted by molar-refractivity contribution is -0.125. The van der Waals surface area contributed by atoms with E-state index in [1.165, 1.54) is 0 Å². The van der Waals surface area contributed by atoms with Crippen LogP contribution in [0.15, 0.2) is 4.52 Å². The largest absolute Gasteiger partial charge is 0.452 e. The van der Waals surface area contributed by atoms with Crippen molar-refractivity contribution >= 4 is 11.9 Å². The molecule has 0 radical (unpaired) electrons. The van der Waals surface area contributed by atoms with Crippen molar-refractivity contribution in [2.24, 2.45) is 0 Å². The number of nitriles is 1. The minimum Gasteiger partial charge on any atom is -0.452 e. The van der Waals surface area contributed by atoms with Crippen LogP contribution in [0.5, 0.6) is 0 Å². The summed E-state index contributed by atoms with van der Waals surface area (Å²) in [6, 6.07) is 2.19. The number of carbonyl (C=O) groups excluding carboxylic acids is 2. The summed E-state index contributed by atoms with van der Waals surface area (Å²) in [5.74, 6) is -0.729. The van der Waals surface area contributed by atoms with E-state index in [0.29, 0.717) is 30.7 Å². The third-order valence-electron chi connectivity index (χ3n) is 4.11. The molecule has 0 aromatic carbocycles. The number of esters is 1. The fourth-order valence-electron chi connectivity index (χ4n) is 2.85. The molecule has 1 amide bonds. The lowest BCUT2D eigenvalue weighted by atomic mass is 9.83. The van der Waals surface area contributed by atoms with Gasteiger partial charge in [-0.3, -0.25) is 4.79 Å². The van der Waals surface area contributed by atoms with Crippen molar-refractivity contribution in [3.8, 4) is 6.07 Å². The highest BCUT2D eigenvalue weighted by Gasteiger charge is 2.33. The molecule has 0 spiro atoms. The Hall–Kier alpha value is -2.36. The lowest BCUT2D eigenvalue weighted by Crippen LogP contribution is -2.50. The molecule has 1 saturated carbocycles. The van der Waals surface area contributed by atoms with Gasteiger partial charge in [0.2, 0.25) is 0 Å². The van der Waals surface area contributed by atoms with Gasteiger partial charge in [0.1, 0.15) is 16.9 Å². The average molecular weight is 319 g/mol. The van der Waals surface area contributed by atoms with Crippen LogP contribution in [0.3, 0.4) is 0 Å². The Kier molecular flexibility index (Phi) is 5.37. The second-order valence-corrected chi connectivity index (χ2v) is 5.79. The van der Waals surface area contributed by atoms with Gasteiger partial charge in [-0.25, -0.2) is 4.79 Å². The molecule has 1 aromatic heterocycles. The Morgan fingerprint density at radius 1 is 1.39 bits per heavy atom. The molecule has 0 bridgehead atoms. The topological polar surface area (TPSA) is 105 Å². The van der Waals surface area contributed by atoms with Gasteiger partial charge >= 0.3 is 5.97 Å². The number of amides is 1. The van der Waals surface area contributed by atoms with E-state index >= 15 is 0 Å². The molecule has 1 aliphatic rings. The zero-order valence-corrected chi connectivity index (χ0v) is 13.5. The number of aromatic nitrogens is 1. The average Bonchev–Trinajstić information content (AvgIpc) is 2.94. The molecule has 0 saturated heterocycles. The summed E-state index contributed by atoms with van der Waals surface area (Å²) < 4.78 is 10.0. The van der Waals surface area contributed by atoms with Crippen molar-refractivity contribution in [1.29, 1.82) is 5.26 Å². The van der Waals surface area contributed by atoms with Crippen molar-refractivity contribution in [3.05, 3.63) is 17.0 Å². The molecule has 7 nitrogen and oxygen atoms in total. The van der Waals surface area contributed by atoms with E-state index in [2.05, 4.69) is 16.5 Å². The Bertz CT molecular complexity index is 624. The van der Waals surface area contributed by atoms with Gasteiger partial charge in [0.15, 0.2) is 6.61 Å². The highest BCUT2D eigenvalue weighted by atomic mass is 16.5. The van der Waals surface area contributed by atoms with Crippen LogP contribution in [0.2, 0.25) is 0 Å². The molecule has 1 aliphatic carbocycles. The summed E-state index contributed by atoms with van der Waals surface area (Å²) in [6.45, 7) is 3.05. The van der Waals surface area contributed by atoms with Crippen LogP contribution in [-0.4, -0.2) is 29.2 Å². The molecule has 1 heterocycles. The smallest absolute Gasteiger partial charge is 0.344 e. The van der Waals surface area contributed by atoms with Crippen molar-refractivity contribution in [2.45, 2.75) is 57.9 Å². The maximum absolute atomic E-state index is 12.1. The molecule has 0 atom stereocenters. The van der Waals surface area contributed by atoms with Gasteiger partial charge in [0.05, 0.1) is 11.8 Å². The Morgan fingerprint density at radius 3 is 2.70 bits per heavy atom. The summed E-state index contributed by atoms with van der Waals surface area (Å²) in [4.78, 5) is 24.1. The second kappa shape index (κ2) is 7.27. The van der Waals surface area contributed by atoms with E-state index in [1.54, 1.807) is 6.92 Å². The quantitative estimate of drug-likeness (QED) is 0.833. The van der Waals surface area contributed by atoms with Crippen molar-refractivity contribution in [3.63, 3.8) is 0 Å². The van der Waals surface area contributed by atoms with Crippen molar-refractivity contribution in [2.75, 3.05) is 6.61 Å². The molecular formula is C16H21N3O4. The van der Waals surface area contributed by atoms with Gasteiger partial charge in [-0.15, -0.1) is 0 Å². The van der Waals surface area contributed by atoms with Crippen molar-refractivity contribution in [1.82, 2.24) is 10.5 Å². The first-order valence-corrected chi connectivity index (χ1v) is 7.86. The first kappa shape index (κ1) is 17.0. The van der Waals surface area contributed by atoms with E-state index in [0.717, 1.165) is 19.3 Å². The van der Waals surface area contributed by atoms with Crippen LogP contribution in [-0.2, 0) is 16.0 Å². The van der Waals surface area contributed by atoms with Crippen LogP contribution >= 0.6 is 0 Å². The number of hydrogen-bond donors (Lipinski definition) is 1. The Balaban J connectivity index is 1.92. The molecule has 0 aliphatic heterocycles. The summed E-state index contributed by atoms with van der Waals surface area (Å²) in [5.41, 5.74) is -0.0506. The summed E-state index contributed by atoms with van der Waals surface area (Å²) in [7, 11) is 0. The number of aryl methyl sites for hydroxylation is 2. The maximum atomic E-state index is 12.1. The fourth-order valence-corrected chi connectivity index (χ4v) is 2.85. The van der Waals surface area contributed by atoms with E-state index in [1.807, 2.05) is 6.92 Å². The van der Waals surface area contributed by atoms with Gasteiger partial charge in [-0.1, -0.05) is 31.3 Å². The van der Waals surface area contributed by atoms with Crippen LogP contribution < -0.4 is 5.32 Å². The zero-order valence-electron chi connectivity index (χ0n) is 13.5. The number of nitrogens with zero attached hydrogens (tertiary/aromatic N) is 2. The predicted molar refractivity (Wildman–Crippen MR) is 80.5 cm³/mol. The Morgan fingerprint density at radius 2 is 2.09 bits per heavy atom. The fraction of sp³-hybridized carbons (Fsp3) is 0.625. The number of carbonyl (C=O) groups is 2. The van der Waals surface area contributed by atoms with Gasteiger partial charge in [0.25, 0.3) is 5.91 Å². The third-order valence-corrected chi connectivity index (χ3v) is 4.11. The molecule has 7 heteroatoms. The molecule has 1 aromatic rings. The molecule has 1 fully saturated rings. The highest BCUT2D eigenvalue weighted by molar-refractivity contribution is 5.93. The third kappa shape index (κ3) is 3.89. The van der Waals surface area contributed by atoms with Crippen LogP contribution in [0.1, 0.15) is 60.8 Å². The molecular weight excluding hydrogens is 298 g/mol. The normalized spacial score (nSPS) is 16.4. The number of hydrogen-bond acceptors (Lipinski definition) is 6. The minimum absolute atomic E-state index is 0.271. The van der Waals surface area contributed by atoms with Gasteiger partial charge in [0, 0.05) is 0 Å². The predicted octanol–water partition coefficient (Wildman–Crippen LogP) is 2.04. The molecule has 124 valence electrons. The van der Waals surface area contributed by atoms with Crippen LogP contribution in [0.4, 0.5) is 0 Å². The van der Waals surface area contributed by atoms with E-state index in [4.69, 9.17) is 9.26 Å². The van der Waals surface area contributed by atoms with Crippen LogP contribution in [0.25, 0.3) is 0 Å². The van der Waals surface area contributed by atoms with E-state index in [-0.39, 0.29) is 5.56 Å². The number of nitrogens with one attached hydrogen (secondary N) is 1. The monoisotopic (exact) mass is 319 g/mol. The summed E-state index contributed by atoms with van der Waals surface area (Å²) >= 11 is 0.